The summed E-state index contributed by atoms with van der Waals surface area (Å²) in [6.07, 6.45) is 1.46. The molecular weight excluding hydrogens is 387 g/mol. The predicted molar refractivity (Wildman–Crippen MR) is 113 cm³/mol. The molecule has 3 aromatic rings. The summed E-state index contributed by atoms with van der Waals surface area (Å²) in [6.45, 7) is 0.372. The number of phosphoric acid groups is 1. The predicted octanol–water partition coefficient (Wildman–Crippen LogP) is 5.53. The lowest BCUT2D eigenvalue weighted by molar-refractivity contribution is 0.143. The number of aliphatic hydroxyl groups excluding tert-OH is 1. The van der Waals surface area contributed by atoms with Crippen molar-refractivity contribution >= 4 is 7.82 Å². The van der Waals surface area contributed by atoms with E-state index in [0.29, 0.717) is 12.2 Å². The first-order valence-electron chi connectivity index (χ1n) is 9.53. The molecule has 0 unspecified atom stereocenters. The van der Waals surface area contributed by atoms with E-state index < -0.39 is 7.82 Å². The van der Waals surface area contributed by atoms with Crippen LogP contribution in [0.15, 0.2) is 84.9 Å². The van der Waals surface area contributed by atoms with E-state index in [-0.39, 0.29) is 19.8 Å². The minimum Gasteiger partial charge on any atom is -0.404 e. The van der Waals surface area contributed by atoms with E-state index in [1.807, 2.05) is 72.8 Å². The Bertz CT molecular complexity index is 850. The zero-order valence-corrected chi connectivity index (χ0v) is 17.0. The molecule has 3 aromatic carbocycles. The van der Waals surface area contributed by atoms with Crippen LogP contribution in [0.5, 0.6) is 5.75 Å². The number of benzene rings is 3. The van der Waals surface area contributed by atoms with Crippen LogP contribution in [0.4, 0.5) is 0 Å². The molecule has 0 saturated carbocycles. The normalized spacial score (nSPS) is 11.3. The molecule has 0 bridgehead atoms. The highest BCUT2D eigenvalue weighted by Crippen LogP contribution is 2.51. The number of aliphatic hydroxyl groups is 1. The fourth-order valence-electron chi connectivity index (χ4n) is 2.67. The maximum Gasteiger partial charge on any atom is 0.530 e. The minimum absolute atomic E-state index is 0.113. The van der Waals surface area contributed by atoms with Crippen LogP contribution >= 0.6 is 7.82 Å². The summed E-state index contributed by atoms with van der Waals surface area (Å²) in [5.74, 6) is 0.405. The van der Waals surface area contributed by atoms with E-state index in [9.17, 15) is 4.57 Å². The monoisotopic (exact) mass is 412 g/mol. The van der Waals surface area contributed by atoms with Gasteiger partial charge in [0, 0.05) is 6.61 Å². The van der Waals surface area contributed by atoms with Crippen molar-refractivity contribution in [2.24, 2.45) is 0 Å². The molecule has 3 rings (SSSR count). The van der Waals surface area contributed by atoms with Gasteiger partial charge < -0.3 is 9.63 Å². The molecule has 0 saturated heterocycles. The fraction of sp³-hybridized carbons (Fsp3) is 0.217. The second-order valence-corrected chi connectivity index (χ2v) is 8.12. The van der Waals surface area contributed by atoms with E-state index in [0.717, 1.165) is 23.1 Å². The topological polar surface area (TPSA) is 65.0 Å². The lowest BCUT2D eigenvalue weighted by Crippen LogP contribution is -2.03. The Balaban J connectivity index is 1.69. The van der Waals surface area contributed by atoms with Crippen molar-refractivity contribution in [3.8, 4) is 5.75 Å². The van der Waals surface area contributed by atoms with Crippen molar-refractivity contribution in [2.45, 2.75) is 26.1 Å². The average molecular weight is 412 g/mol. The molecule has 0 spiro atoms. The van der Waals surface area contributed by atoms with Gasteiger partial charge in [-0.25, -0.2) is 4.57 Å². The van der Waals surface area contributed by atoms with Gasteiger partial charge in [-0.2, -0.15) is 0 Å². The van der Waals surface area contributed by atoms with E-state index >= 15 is 0 Å². The number of rotatable bonds is 11. The number of hydrogen-bond acceptors (Lipinski definition) is 5. The van der Waals surface area contributed by atoms with Gasteiger partial charge in [-0.3, -0.25) is 9.05 Å². The lowest BCUT2D eigenvalue weighted by Gasteiger charge is -2.19. The smallest absolute Gasteiger partial charge is 0.404 e. The Morgan fingerprint density at radius 1 is 0.690 bits per heavy atom. The third kappa shape index (κ3) is 7.15. The van der Waals surface area contributed by atoms with Gasteiger partial charge in [0.2, 0.25) is 0 Å². The van der Waals surface area contributed by atoms with Gasteiger partial charge in [-0.05, 0) is 41.7 Å². The van der Waals surface area contributed by atoms with Crippen LogP contribution in [0.2, 0.25) is 0 Å². The number of aryl methyl sites for hydroxylation is 1. The molecule has 0 amide bonds. The Hall–Kier alpha value is -2.43. The van der Waals surface area contributed by atoms with Gasteiger partial charge in [-0.15, -0.1) is 0 Å². The van der Waals surface area contributed by atoms with Crippen LogP contribution in [0, 0.1) is 0 Å². The Kier molecular flexibility index (Phi) is 8.03. The van der Waals surface area contributed by atoms with E-state index in [2.05, 4.69) is 0 Å². The Morgan fingerprint density at radius 2 is 1.21 bits per heavy atom. The van der Waals surface area contributed by atoms with Gasteiger partial charge in [0.15, 0.2) is 0 Å². The van der Waals surface area contributed by atoms with Crippen molar-refractivity contribution < 1.29 is 23.2 Å². The maximum atomic E-state index is 13.3. The summed E-state index contributed by atoms with van der Waals surface area (Å²) in [7, 11) is -3.85. The zero-order chi connectivity index (χ0) is 20.4. The highest BCUT2D eigenvalue weighted by atomic mass is 31.2. The van der Waals surface area contributed by atoms with Crippen molar-refractivity contribution in [2.75, 3.05) is 6.61 Å². The fourth-order valence-corrected chi connectivity index (χ4v) is 3.85. The highest BCUT2D eigenvalue weighted by Gasteiger charge is 2.29. The van der Waals surface area contributed by atoms with Crippen LogP contribution < -0.4 is 4.52 Å². The second kappa shape index (κ2) is 10.9. The van der Waals surface area contributed by atoms with Crippen molar-refractivity contribution in [1.82, 2.24) is 0 Å². The molecule has 0 atom stereocenters. The Labute approximate surface area is 171 Å². The lowest BCUT2D eigenvalue weighted by atomic mass is 10.1. The summed E-state index contributed by atoms with van der Waals surface area (Å²) in [5.41, 5.74) is 2.81. The number of phosphoric ester groups is 1. The Morgan fingerprint density at radius 3 is 1.69 bits per heavy atom. The first-order chi connectivity index (χ1) is 14.2. The zero-order valence-electron chi connectivity index (χ0n) is 16.1. The summed E-state index contributed by atoms with van der Waals surface area (Å²) >= 11 is 0. The van der Waals surface area contributed by atoms with Gasteiger partial charge in [-0.1, -0.05) is 72.8 Å². The molecule has 0 aliphatic heterocycles. The minimum atomic E-state index is -3.85. The molecular formula is C23H25O5P. The van der Waals surface area contributed by atoms with Gasteiger partial charge >= 0.3 is 7.82 Å². The molecule has 0 heterocycles. The maximum absolute atomic E-state index is 13.3. The molecule has 0 aromatic heterocycles. The molecule has 0 fully saturated rings. The van der Waals surface area contributed by atoms with Crippen molar-refractivity contribution in [1.29, 1.82) is 0 Å². The van der Waals surface area contributed by atoms with Crippen molar-refractivity contribution in [3.63, 3.8) is 0 Å². The third-order valence-corrected chi connectivity index (χ3v) is 5.55. The van der Waals surface area contributed by atoms with Crippen LogP contribution in [-0.4, -0.2) is 11.7 Å². The molecule has 0 aliphatic rings. The summed E-state index contributed by atoms with van der Waals surface area (Å²) in [6, 6.07) is 26.1. The quantitative estimate of drug-likeness (QED) is 0.420. The van der Waals surface area contributed by atoms with Gasteiger partial charge in [0.05, 0.1) is 13.2 Å². The van der Waals surface area contributed by atoms with E-state index in [4.69, 9.17) is 18.7 Å². The van der Waals surface area contributed by atoms with Crippen LogP contribution in [0.25, 0.3) is 0 Å². The SMILES string of the molecule is O=P(OCc1ccccc1)(OCc1ccccc1)Oc1ccc(CCCO)cc1. The largest absolute Gasteiger partial charge is 0.530 e. The molecule has 0 aliphatic carbocycles. The molecule has 29 heavy (non-hydrogen) atoms. The van der Waals surface area contributed by atoms with Crippen LogP contribution in [0.3, 0.4) is 0 Å². The standard InChI is InChI=1S/C23H25O5P/c24-17-7-12-20-13-15-23(16-14-20)28-29(25,26-18-21-8-3-1-4-9-21)27-19-22-10-5-2-6-11-22/h1-6,8-11,13-16,24H,7,12,17-19H2. The second-order valence-electron chi connectivity index (χ2n) is 6.53. The van der Waals surface area contributed by atoms with Gasteiger partial charge in [0.25, 0.3) is 0 Å². The first-order valence-corrected chi connectivity index (χ1v) is 11.0. The third-order valence-electron chi connectivity index (χ3n) is 4.23. The van der Waals surface area contributed by atoms with E-state index in [1.165, 1.54) is 0 Å². The average Bonchev–Trinajstić information content (AvgIpc) is 2.77. The van der Waals surface area contributed by atoms with Crippen LogP contribution in [0.1, 0.15) is 23.1 Å². The van der Waals surface area contributed by atoms with E-state index in [1.54, 1.807) is 12.1 Å². The van der Waals surface area contributed by atoms with Gasteiger partial charge in [0.1, 0.15) is 5.75 Å². The molecule has 1 N–H and O–H groups in total. The van der Waals surface area contributed by atoms with Crippen LogP contribution in [-0.2, 0) is 33.2 Å². The summed E-state index contributed by atoms with van der Waals surface area (Å²) in [5, 5.41) is 8.95. The first kappa shape index (κ1) is 21.3. The molecule has 6 heteroatoms. The summed E-state index contributed by atoms with van der Waals surface area (Å²) in [4.78, 5) is 0. The molecule has 152 valence electrons. The summed E-state index contributed by atoms with van der Waals surface area (Å²) < 4.78 is 30.2. The molecule has 5 nitrogen and oxygen atoms in total. The number of hydrogen-bond donors (Lipinski definition) is 1. The van der Waals surface area contributed by atoms with Crippen molar-refractivity contribution in [3.05, 3.63) is 102 Å². The highest BCUT2D eigenvalue weighted by molar-refractivity contribution is 7.48. The molecule has 0 radical (unpaired) electrons.